The van der Waals surface area contributed by atoms with Gasteiger partial charge >= 0.3 is 0 Å². The van der Waals surface area contributed by atoms with Gasteiger partial charge in [0, 0.05) is 11.3 Å². The highest BCUT2D eigenvalue weighted by Crippen LogP contribution is 2.43. The molecule has 4 aromatic rings. The van der Waals surface area contributed by atoms with Crippen molar-refractivity contribution in [3.8, 4) is 17.0 Å². The largest absolute Gasteiger partial charge is 0.497 e. The fourth-order valence-electron chi connectivity index (χ4n) is 3.89. The summed E-state index contributed by atoms with van der Waals surface area (Å²) in [5.74, 6) is 1.43. The Labute approximate surface area is 203 Å². The fourth-order valence-corrected chi connectivity index (χ4v) is 6.20. The lowest BCUT2D eigenvalue weighted by Gasteiger charge is -2.31. The third kappa shape index (κ3) is 4.26. The first kappa shape index (κ1) is 22.4. The molecule has 5 rings (SSSR count). The average molecular weight is 490 g/mol. The second kappa shape index (κ2) is 9.12. The molecule has 1 aliphatic rings. The van der Waals surface area contributed by atoms with Crippen molar-refractivity contribution in [3.05, 3.63) is 95.7 Å². The van der Waals surface area contributed by atoms with E-state index in [9.17, 15) is 8.42 Å². The molecule has 0 atom stereocenters. The Kier molecular flexibility index (Phi) is 6.02. The average Bonchev–Trinajstić information content (AvgIpc) is 2.86. The molecule has 0 unspecified atom stereocenters. The third-order valence-corrected chi connectivity index (χ3v) is 8.37. The Bertz CT molecular complexity index is 1450. The zero-order valence-corrected chi connectivity index (χ0v) is 20.4. The van der Waals surface area contributed by atoms with Crippen molar-refractivity contribution in [1.29, 1.82) is 0 Å². The number of aromatic nitrogens is 2. The predicted molar refractivity (Wildman–Crippen MR) is 135 cm³/mol. The maximum absolute atomic E-state index is 13.6. The van der Waals surface area contributed by atoms with Crippen molar-refractivity contribution in [3.63, 3.8) is 0 Å². The second-order valence-corrected chi connectivity index (χ2v) is 10.8. The zero-order chi connectivity index (χ0) is 23.7. The summed E-state index contributed by atoms with van der Waals surface area (Å²) in [6, 6.07) is 23.2. The van der Waals surface area contributed by atoms with Crippen LogP contribution in [0.5, 0.6) is 5.75 Å². The van der Waals surface area contributed by atoms with E-state index in [1.807, 2.05) is 79.7 Å². The number of fused-ring (bicyclic) bond motifs is 3. The van der Waals surface area contributed by atoms with Crippen molar-refractivity contribution in [2.75, 3.05) is 11.4 Å². The molecule has 0 fully saturated rings. The lowest BCUT2D eigenvalue weighted by Crippen LogP contribution is -2.34. The number of aryl methyl sites for hydroxylation is 1. The molecule has 0 radical (unpaired) electrons. The molecule has 0 saturated heterocycles. The van der Waals surface area contributed by atoms with Crippen LogP contribution in [0.2, 0.25) is 0 Å². The summed E-state index contributed by atoms with van der Waals surface area (Å²) in [6.07, 6.45) is 1.43. The van der Waals surface area contributed by atoms with E-state index in [0.717, 1.165) is 28.0 Å². The van der Waals surface area contributed by atoms with Crippen LogP contribution in [0.4, 0.5) is 5.69 Å². The van der Waals surface area contributed by atoms with Crippen molar-refractivity contribution >= 4 is 27.5 Å². The van der Waals surface area contributed by atoms with Crippen LogP contribution in [0.25, 0.3) is 11.3 Å². The van der Waals surface area contributed by atoms with Gasteiger partial charge in [0.25, 0.3) is 10.0 Å². The minimum atomic E-state index is -3.81. The standard InChI is InChI=1S/C26H23N3O3S2/c1-18-10-12-19(13-11-18)16-29-23-9-4-3-8-22(23)25-24(34(29,30)31)15-27-26(28-25)33-17-20-6-5-7-21(14-20)32-2/h3-15H,16-17H2,1-2H3. The van der Waals surface area contributed by atoms with Crippen LogP contribution in [0.1, 0.15) is 16.7 Å². The summed E-state index contributed by atoms with van der Waals surface area (Å²) in [5, 5.41) is 0.526. The summed E-state index contributed by atoms with van der Waals surface area (Å²) in [7, 11) is -2.18. The highest BCUT2D eigenvalue weighted by atomic mass is 32.2. The van der Waals surface area contributed by atoms with E-state index in [4.69, 9.17) is 4.74 Å². The summed E-state index contributed by atoms with van der Waals surface area (Å²) in [4.78, 5) is 9.19. The van der Waals surface area contributed by atoms with Crippen LogP contribution in [0, 0.1) is 6.92 Å². The van der Waals surface area contributed by atoms with E-state index < -0.39 is 10.0 Å². The van der Waals surface area contributed by atoms with Crippen molar-refractivity contribution in [2.45, 2.75) is 29.3 Å². The van der Waals surface area contributed by atoms with Gasteiger partial charge < -0.3 is 4.74 Å². The molecule has 1 aromatic heterocycles. The van der Waals surface area contributed by atoms with Gasteiger partial charge in [-0.1, -0.05) is 71.9 Å². The Balaban J connectivity index is 1.49. The number of anilines is 1. The van der Waals surface area contributed by atoms with Gasteiger partial charge in [-0.05, 0) is 36.2 Å². The lowest BCUT2D eigenvalue weighted by atomic mass is 10.1. The highest BCUT2D eigenvalue weighted by molar-refractivity contribution is 7.98. The number of para-hydroxylation sites is 1. The van der Waals surface area contributed by atoms with Crippen LogP contribution in [0.3, 0.4) is 0 Å². The monoisotopic (exact) mass is 489 g/mol. The van der Waals surface area contributed by atoms with Crippen LogP contribution in [0.15, 0.2) is 89.0 Å². The molecule has 0 aliphatic carbocycles. The predicted octanol–water partition coefficient (Wildman–Crippen LogP) is 5.46. The molecule has 172 valence electrons. The minimum Gasteiger partial charge on any atom is -0.497 e. The number of hydrogen-bond acceptors (Lipinski definition) is 6. The van der Waals surface area contributed by atoms with E-state index in [2.05, 4.69) is 9.97 Å². The van der Waals surface area contributed by atoms with Gasteiger partial charge in [-0.15, -0.1) is 0 Å². The maximum atomic E-state index is 13.6. The first-order chi connectivity index (χ1) is 16.5. The number of rotatable bonds is 6. The first-order valence-electron chi connectivity index (χ1n) is 10.8. The summed E-state index contributed by atoms with van der Waals surface area (Å²) in [5.41, 5.74) is 4.96. The molecule has 0 spiro atoms. The number of sulfonamides is 1. The molecule has 8 heteroatoms. The topological polar surface area (TPSA) is 72.4 Å². The Morgan fingerprint density at radius 1 is 0.971 bits per heavy atom. The molecule has 6 nitrogen and oxygen atoms in total. The van der Waals surface area contributed by atoms with Gasteiger partial charge in [-0.3, -0.25) is 4.31 Å². The normalized spacial score (nSPS) is 13.8. The van der Waals surface area contributed by atoms with E-state index in [-0.39, 0.29) is 11.4 Å². The fraction of sp³-hybridized carbons (Fsp3) is 0.154. The maximum Gasteiger partial charge on any atom is 0.268 e. The van der Waals surface area contributed by atoms with Crippen LogP contribution >= 0.6 is 11.8 Å². The minimum absolute atomic E-state index is 0.129. The molecule has 2 heterocycles. The number of thioether (sulfide) groups is 1. The SMILES string of the molecule is COc1cccc(CSc2ncc3c(n2)-c2ccccc2N(Cc2ccc(C)cc2)S3(=O)=O)c1. The van der Waals surface area contributed by atoms with Gasteiger partial charge in [0.05, 0.1) is 31.2 Å². The van der Waals surface area contributed by atoms with E-state index in [0.29, 0.717) is 22.3 Å². The van der Waals surface area contributed by atoms with E-state index in [1.165, 1.54) is 22.3 Å². The Morgan fingerprint density at radius 2 is 1.76 bits per heavy atom. The number of benzene rings is 3. The molecular weight excluding hydrogens is 466 g/mol. The number of hydrogen-bond donors (Lipinski definition) is 0. The van der Waals surface area contributed by atoms with E-state index in [1.54, 1.807) is 7.11 Å². The van der Waals surface area contributed by atoms with E-state index >= 15 is 0 Å². The molecule has 0 saturated carbocycles. The summed E-state index contributed by atoms with van der Waals surface area (Å²) in [6.45, 7) is 2.25. The Hall–Kier alpha value is -3.36. The van der Waals surface area contributed by atoms with Crippen molar-refractivity contribution < 1.29 is 13.2 Å². The second-order valence-electron chi connectivity index (χ2n) is 8.02. The van der Waals surface area contributed by atoms with Crippen LogP contribution in [-0.4, -0.2) is 25.5 Å². The number of nitrogens with zero attached hydrogens (tertiary/aromatic N) is 3. The van der Waals surface area contributed by atoms with Gasteiger partial charge in [0.15, 0.2) is 5.16 Å². The van der Waals surface area contributed by atoms with Crippen molar-refractivity contribution in [2.24, 2.45) is 0 Å². The highest BCUT2D eigenvalue weighted by Gasteiger charge is 2.36. The first-order valence-corrected chi connectivity index (χ1v) is 13.2. The molecular formula is C26H23N3O3S2. The van der Waals surface area contributed by atoms with Gasteiger partial charge in [-0.25, -0.2) is 18.4 Å². The smallest absolute Gasteiger partial charge is 0.268 e. The number of ether oxygens (including phenoxy) is 1. The van der Waals surface area contributed by atoms with Crippen LogP contribution in [-0.2, 0) is 22.3 Å². The lowest BCUT2D eigenvalue weighted by molar-refractivity contribution is 0.414. The molecule has 0 amide bonds. The molecule has 34 heavy (non-hydrogen) atoms. The van der Waals surface area contributed by atoms with Gasteiger partial charge in [0.1, 0.15) is 10.6 Å². The number of methoxy groups -OCH3 is 1. The Morgan fingerprint density at radius 3 is 2.56 bits per heavy atom. The summed E-state index contributed by atoms with van der Waals surface area (Å²) >= 11 is 1.46. The zero-order valence-electron chi connectivity index (χ0n) is 18.8. The third-order valence-electron chi connectivity index (χ3n) is 5.68. The molecule has 1 aliphatic heterocycles. The molecule has 0 N–H and O–H groups in total. The molecule has 3 aromatic carbocycles. The summed E-state index contributed by atoms with van der Waals surface area (Å²) < 4.78 is 34.0. The van der Waals surface area contributed by atoms with Gasteiger partial charge in [-0.2, -0.15) is 0 Å². The van der Waals surface area contributed by atoms with Crippen molar-refractivity contribution in [1.82, 2.24) is 9.97 Å². The van der Waals surface area contributed by atoms with Gasteiger partial charge in [0.2, 0.25) is 0 Å². The van der Waals surface area contributed by atoms with Crippen LogP contribution < -0.4 is 9.04 Å². The quantitative estimate of drug-likeness (QED) is 0.264. The molecule has 0 bridgehead atoms.